The van der Waals surface area contributed by atoms with Gasteiger partial charge in [0.1, 0.15) is 0 Å². The van der Waals surface area contributed by atoms with Crippen molar-refractivity contribution in [1.82, 2.24) is 0 Å². The van der Waals surface area contributed by atoms with Gasteiger partial charge in [0.25, 0.3) is 5.91 Å². The molecule has 0 N–H and O–H groups in total. The van der Waals surface area contributed by atoms with Gasteiger partial charge in [0.15, 0.2) is 18.1 Å². The van der Waals surface area contributed by atoms with E-state index in [4.69, 9.17) is 14.2 Å². The molecule has 0 saturated carbocycles. The first kappa shape index (κ1) is 21.1. The molecule has 0 atom stereocenters. The van der Waals surface area contributed by atoms with Crippen molar-refractivity contribution in [2.24, 2.45) is 5.10 Å². The number of esters is 1. The van der Waals surface area contributed by atoms with Crippen LogP contribution in [-0.4, -0.2) is 37.4 Å². The van der Waals surface area contributed by atoms with Crippen LogP contribution in [0.5, 0.6) is 11.5 Å². The van der Waals surface area contributed by atoms with E-state index in [0.717, 1.165) is 5.56 Å². The van der Waals surface area contributed by atoms with Crippen LogP contribution in [0.25, 0.3) is 6.08 Å². The van der Waals surface area contributed by atoms with Crippen LogP contribution < -0.4 is 14.5 Å². The van der Waals surface area contributed by atoms with Gasteiger partial charge >= 0.3 is 5.97 Å². The van der Waals surface area contributed by atoms with Gasteiger partial charge < -0.3 is 14.2 Å². The standard InChI is InChI=1S/C23H24N2O5/c1-4-28-21-14-17(11-12-20(21)30-15-22(26)29-5-2)13-19-16(3)24-25(23(19)27)18-9-7-6-8-10-18/h6-14H,4-5,15H2,1-3H3. The van der Waals surface area contributed by atoms with Crippen molar-refractivity contribution in [1.29, 1.82) is 0 Å². The summed E-state index contributed by atoms with van der Waals surface area (Å²) in [6.07, 6.45) is 1.77. The summed E-state index contributed by atoms with van der Waals surface area (Å²) in [5.41, 5.74) is 2.60. The minimum absolute atomic E-state index is 0.195. The topological polar surface area (TPSA) is 77.4 Å². The summed E-state index contributed by atoms with van der Waals surface area (Å²) in [4.78, 5) is 24.4. The molecular weight excluding hydrogens is 384 g/mol. The lowest BCUT2D eigenvalue weighted by Gasteiger charge is -2.13. The molecule has 0 saturated heterocycles. The van der Waals surface area contributed by atoms with Gasteiger partial charge in [-0.05, 0) is 56.7 Å². The smallest absolute Gasteiger partial charge is 0.344 e. The number of amides is 1. The lowest BCUT2D eigenvalue weighted by molar-refractivity contribution is -0.145. The summed E-state index contributed by atoms with van der Waals surface area (Å²) in [6.45, 7) is 5.91. The van der Waals surface area contributed by atoms with Gasteiger partial charge in [0, 0.05) is 0 Å². The lowest BCUT2D eigenvalue weighted by Crippen LogP contribution is -2.21. The summed E-state index contributed by atoms with van der Waals surface area (Å²) in [5.74, 6) is 0.270. The first-order valence-corrected chi connectivity index (χ1v) is 9.75. The predicted molar refractivity (Wildman–Crippen MR) is 115 cm³/mol. The normalized spacial score (nSPS) is 14.6. The highest BCUT2D eigenvalue weighted by Crippen LogP contribution is 2.31. The number of carbonyl (C=O) groups excluding carboxylic acids is 2. The second-order valence-corrected chi connectivity index (χ2v) is 6.43. The summed E-state index contributed by atoms with van der Waals surface area (Å²) in [7, 11) is 0. The van der Waals surface area contributed by atoms with E-state index in [2.05, 4.69) is 5.10 Å². The van der Waals surface area contributed by atoms with Crippen LogP contribution >= 0.6 is 0 Å². The first-order chi connectivity index (χ1) is 14.5. The first-order valence-electron chi connectivity index (χ1n) is 9.75. The number of hydrogen-bond acceptors (Lipinski definition) is 6. The third kappa shape index (κ3) is 4.86. The van der Waals surface area contributed by atoms with Crippen LogP contribution in [0, 0.1) is 0 Å². The SMILES string of the molecule is CCOC(=O)COc1ccc(C=C2C(=O)N(c3ccccc3)N=C2C)cc1OCC. The zero-order valence-electron chi connectivity index (χ0n) is 17.3. The molecule has 0 aliphatic carbocycles. The van der Waals surface area contributed by atoms with Gasteiger partial charge in [-0.25, -0.2) is 4.79 Å². The van der Waals surface area contributed by atoms with Crippen molar-refractivity contribution in [3.05, 3.63) is 59.7 Å². The van der Waals surface area contributed by atoms with Crippen molar-refractivity contribution in [3.8, 4) is 11.5 Å². The monoisotopic (exact) mass is 408 g/mol. The van der Waals surface area contributed by atoms with Crippen LogP contribution in [-0.2, 0) is 14.3 Å². The molecule has 1 heterocycles. The molecule has 1 amide bonds. The molecule has 0 radical (unpaired) electrons. The summed E-state index contributed by atoms with van der Waals surface area (Å²) < 4.78 is 16.1. The number of anilines is 1. The number of ether oxygens (including phenoxy) is 3. The van der Waals surface area contributed by atoms with Crippen molar-refractivity contribution in [2.45, 2.75) is 20.8 Å². The van der Waals surface area contributed by atoms with Crippen molar-refractivity contribution >= 4 is 29.4 Å². The van der Waals surface area contributed by atoms with Crippen molar-refractivity contribution in [3.63, 3.8) is 0 Å². The third-order valence-electron chi connectivity index (χ3n) is 4.29. The van der Waals surface area contributed by atoms with Gasteiger partial charge in [0.2, 0.25) is 0 Å². The number of hydrogen-bond donors (Lipinski definition) is 0. The molecule has 2 aromatic rings. The molecule has 0 aromatic heterocycles. The number of rotatable bonds is 8. The van der Waals surface area contributed by atoms with E-state index in [1.807, 2.05) is 37.3 Å². The number of para-hydroxylation sites is 1. The zero-order valence-corrected chi connectivity index (χ0v) is 17.3. The Morgan fingerprint density at radius 3 is 2.50 bits per heavy atom. The predicted octanol–water partition coefficient (Wildman–Crippen LogP) is 3.83. The van der Waals surface area contributed by atoms with Crippen LogP contribution in [0.1, 0.15) is 26.3 Å². The van der Waals surface area contributed by atoms with E-state index < -0.39 is 5.97 Å². The van der Waals surface area contributed by atoms with Gasteiger partial charge in [-0.3, -0.25) is 4.79 Å². The van der Waals surface area contributed by atoms with Gasteiger partial charge in [-0.1, -0.05) is 24.3 Å². The number of hydrazone groups is 1. The molecule has 0 fully saturated rings. The van der Waals surface area contributed by atoms with Crippen LogP contribution in [0.3, 0.4) is 0 Å². The number of nitrogens with zero attached hydrogens (tertiary/aromatic N) is 2. The van der Waals surface area contributed by atoms with E-state index in [-0.39, 0.29) is 12.5 Å². The highest BCUT2D eigenvalue weighted by Gasteiger charge is 2.28. The Morgan fingerprint density at radius 2 is 1.80 bits per heavy atom. The molecule has 7 heteroatoms. The van der Waals surface area contributed by atoms with E-state index in [9.17, 15) is 9.59 Å². The fourth-order valence-corrected chi connectivity index (χ4v) is 2.94. The average molecular weight is 408 g/mol. The van der Waals surface area contributed by atoms with Crippen molar-refractivity contribution in [2.75, 3.05) is 24.8 Å². The maximum atomic E-state index is 12.9. The highest BCUT2D eigenvalue weighted by molar-refractivity contribution is 6.32. The molecule has 0 bridgehead atoms. The maximum absolute atomic E-state index is 12.9. The third-order valence-corrected chi connectivity index (χ3v) is 4.29. The Morgan fingerprint density at radius 1 is 1.03 bits per heavy atom. The van der Waals surface area contributed by atoms with Crippen LogP contribution in [0.15, 0.2) is 59.2 Å². The molecule has 0 unspecified atom stereocenters. The Kier molecular flexibility index (Phi) is 6.85. The Bertz CT molecular complexity index is 982. The molecule has 1 aliphatic rings. The largest absolute Gasteiger partial charge is 0.490 e. The Balaban J connectivity index is 1.82. The van der Waals surface area contributed by atoms with E-state index >= 15 is 0 Å². The number of benzene rings is 2. The van der Waals surface area contributed by atoms with Crippen LogP contribution in [0.4, 0.5) is 5.69 Å². The second kappa shape index (κ2) is 9.73. The molecule has 156 valence electrons. The van der Waals surface area contributed by atoms with Gasteiger partial charge in [0.05, 0.1) is 30.2 Å². The Hall–Kier alpha value is -3.61. The molecular formula is C23H24N2O5. The van der Waals surface area contributed by atoms with Gasteiger partial charge in [-0.15, -0.1) is 0 Å². The minimum atomic E-state index is -0.449. The zero-order chi connectivity index (χ0) is 21.5. The molecule has 1 aliphatic heterocycles. The summed E-state index contributed by atoms with van der Waals surface area (Å²) >= 11 is 0. The number of carbonyl (C=O) groups is 2. The average Bonchev–Trinajstić information content (AvgIpc) is 3.02. The summed E-state index contributed by atoms with van der Waals surface area (Å²) in [6, 6.07) is 14.5. The fourth-order valence-electron chi connectivity index (χ4n) is 2.94. The molecule has 30 heavy (non-hydrogen) atoms. The van der Waals surface area contributed by atoms with E-state index in [1.165, 1.54) is 5.01 Å². The highest BCUT2D eigenvalue weighted by atomic mass is 16.6. The van der Waals surface area contributed by atoms with Crippen molar-refractivity contribution < 1.29 is 23.8 Å². The lowest BCUT2D eigenvalue weighted by atomic mass is 10.1. The van der Waals surface area contributed by atoms with Crippen LogP contribution in [0.2, 0.25) is 0 Å². The fraction of sp³-hybridized carbons (Fsp3) is 0.261. The molecule has 0 spiro atoms. The molecule has 3 rings (SSSR count). The maximum Gasteiger partial charge on any atom is 0.344 e. The van der Waals surface area contributed by atoms with E-state index in [0.29, 0.717) is 41.7 Å². The summed E-state index contributed by atoms with van der Waals surface area (Å²) in [5, 5.41) is 5.78. The van der Waals surface area contributed by atoms with Gasteiger partial charge in [-0.2, -0.15) is 10.1 Å². The minimum Gasteiger partial charge on any atom is -0.490 e. The Labute approximate surface area is 175 Å². The van der Waals surface area contributed by atoms with E-state index in [1.54, 1.807) is 38.1 Å². The quantitative estimate of drug-likeness (QED) is 0.490. The molecule has 7 nitrogen and oxygen atoms in total. The second-order valence-electron chi connectivity index (χ2n) is 6.43. The molecule has 2 aromatic carbocycles.